The van der Waals surface area contributed by atoms with Crippen LogP contribution in [0.1, 0.15) is 6.42 Å². The number of carboxylic acids is 1. The maximum atomic E-state index is 12.2. The van der Waals surface area contributed by atoms with Crippen molar-refractivity contribution >= 4 is 11.9 Å². The molecule has 0 aliphatic rings. The van der Waals surface area contributed by atoms with E-state index in [2.05, 4.69) is 0 Å². The van der Waals surface area contributed by atoms with E-state index in [0.717, 1.165) is 0 Å². The number of carbonyl (C=O) groups excluding carboxylic acids is 1. The number of nitrogens with one attached hydrogen (secondary N) is 1. The van der Waals surface area contributed by atoms with Gasteiger partial charge in [-0.2, -0.15) is 0 Å². The Hall–Kier alpha value is -1.24. The summed E-state index contributed by atoms with van der Waals surface area (Å²) in [5.41, 5.74) is 0. The second kappa shape index (κ2) is 4.70. The number of aliphatic hydroxyl groups excluding tert-OH is 1. The van der Waals surface area contributed by atoms with E-state index in [0.29, 0.717) is 0 Å². The highest BCUT2D eigenvalue weighted by Crippen LogP contribution is 2.09. The van der Waals surface area contributed by atoms with Crippen LogP contribution < -0.4 is 5.32 Å². The molecule has 0 atom stereocenters. The van der Waals surface area contributed by atoms with Gasteiger partial charge in [0.1, 0.15) is 13.0 Å². The largest absolute Gasteiger partial charge is 0.481 e. The van der Waals surface area contributed by atoms with Crippen LogP contribution in [0, 0.1) is 0 Å². The first-order valence-electron chi connectivity index (χ1n) is 3.34. The summed E-state index contributed by atoms with van der Waals surface area (Å²) in [6.45, 7) is -2.45. The Balaban J connectivity index is 3.76. The maximum Gasteiger partial charge on any atom is 0.312 e. The van der Waals surface area contributed by atoms with Gasteiger partial charge in [0, 0.05) is 0 Å². The van der Waals surface area contributed by atoms with E-state index >= 15 is 0 Å². The number of aliphatic hydroxyl groups is 1. The zero-order valence-corrected chi connectivity index (χ0v) is 6.59. The minimum absolute atomic E-state index is 0.860. The highest BCUT2D eigenvalue weighted by atomic mass is 19.3. The minimum atomic E-state index is -3.41. The number of aliphatic carboxylic acids is 1. The number of carboxylic acid groups (broad SMARTS) is 1. The molecule has 0 spiro atoms. The summed E-state index contributed by atoms with van der Waals surface area (Å²) < 4.78 is 24.5. The summed E-state index contributed by atoms with van der Waals surface area (Å²) in [4.78, 5) is 20.4. The Labute approximate surface area is 72.4 Å². The van der Waals surface area contributed by atoms with Gasteiger partial charge in [-0.1, -0.05) is 0 Å². The summed E-state index contributed by atoms with van der Waals surface area (Å²) >= 11 is 0. The third kappa shape index (κ3) is 5.97. The predicted octanol–water partition coefficient (Wildman–Crippen LogP) is -0.795. The zero-order chi connectivity index (χ0) is 10.5. The number of halogens is 2. The van der Waals surface area contributed by atoms with Crippen molar-refractivity contribution in [1.82, 2.24) is 5.32 Å². The molecule has 7 heteroatoms. The molecule has 0 aromatic heterocycles. The fourth-order valence-electron chi connectivity index (χ4n) is 0.484. The first-order valence-corrected chi connectivity index (χ1v) is 3.34. The van der Waals surface area contributed by atoms with Crippen LogP contribution in [0.15, 0.2) is 0 Å². The molecule has 0 aromatic carbocycles. The van der Waals surface area contributed by atoms with Crippen LogP contribution in [0.3, 0.4) is 0 Å². The van der Waals surface area contributed by atoms with E-state index in [1.54, 1.807) is 5.32 Å². The lowest BCUT2D eigenvalue weighted by Crippen LogP contribution is -2.39. The van der Waals surface area contributed by atoms with E-state index < -0.39 is 37.4 Å². The molecule has 76 valence electrons. The molecule has 0 aromatic rings. The minimum Gasteiger partial charge on any atom is -0.481 e. The zero-order valence-electron chi connectivity index (χ0n) is 6.59. The molecule has 0 unspecified atom stereocenters. The lowest BCUT2D eigenvalue weighted by molar-refractivity contribution is -0.141. The molecule has 0 aliphatic carbocycles. The number of rotatable bonds is 5. The second-order valence-electron chi connectivity index (χ2n) is 2.36. The van der Waals surface area contributed by atoms with Crippen molar-refractivity contribution in [2.75, 3.05) is 13.2 Å². The van der Waals surface area contributed by atoms with Crippen LogP contribution in [0.4, 0.5) is 8.78 Å². The topological polar surface area (TPSA) is 86.6 Å². The molecule has 0 bridgehead atoms. The summed E-state index contributed by atoms with van der Waals surface area (Å²) in [5.74, 6) is -5.82. The van der Waals surface area contributed by atoms with Crippen LogP contribution in [0.5, 0.6) is 0 Å². The molecule has 5 nitrogen and oxygen atoms in total. The fraction of sp³-hybridized carbons (Fsp3) is 0.667. The second-order valence-corrected chi connectivity index (χ2v) is 2.36. The van der Waals surface area contributed by atoms with Crippen LogP contribution in [-0.2, 0) is 9.59 Å². The van der Waals surface area contributed by atoms with Crippen molar-refractivity contribution in [3.63, 3.8) is 0 Å². The number of hydrogen-bond donors (Lipinski definition) is 3. The van der Waals surface area contributed by atoms with Crippen molar-refractivity contribution < 1.29 is 28.6 Å². The summed E-state index contributed by atoms with van der Waals surface area (Å²) in [6, 6.07) is 0. The van der Waals surface area contributed by atoms with Gasteiger partial charge in [0.05, 0.1) is 6.54 Å². The standard InChI is InChI=1S/C6H9F2NO4/c7-6(8,3-10)2-9-4(11)1-5(12)13/h10H,1-3H2,(H,9,11)(H,12,13). The van der Waals surface area contributed by atoms with Gasteiger partial charge in [0.15, 0.2) is 0 Å². The number of hydrogen-bond acceptors (Lipinski definition) is 3. The summed E-state index contributed by atoms with van der Waals surface area (Å²) in [6.07, 6.45) is -0.860. The van der Waals surface area contributed by atoms with E-state index in [1.807, 2.05) is 0 Å². The summed E-state index contributed by atoms with van der Waals surface area (Å²) in [5, 5.41) is 17.8. The molecular weight excluding hydrogens is 188 g/mol. The lowest BCUT2D eigenvalue weighted by Gasteiger charge is -2.13. The van der Waals surface area contributed by atoms with Gasteiger partial charge in [-0.3, -0.25) is 9.59 Å². The number of amides is 1. The molecule has 13 heavy (non-hydrogen) atoms. The van der Waals surface area contributed by atoms with Crippen molar-refractivity contribution in [3.8, 4) is 0 Å². The maximum absolute atomic E-state index is 12.2. The van der Waals surface area contributed by atoms with Crippen molar-refractivity contribution in [3.05, 3.63) is 0 Å². The Morgan fingerprint density at radius 2 is 1.92 bits per heavy atom. The Morgan fingerprint density at radius 1 is 1.38 bits per heavy atom. The molecule has 1 amide bonds. The van der Waals surface area contributed by atoms with E-state index in [-0.39, 0.29) is 0 Å². The van der Waals surface area contributed by atoms with Gasteiger partial charge in [-0.05, 0) is 0 Å². The van der Waals surface area contributed by atoms with E-state index in [4.69, 9.17) is 10.2 Å². The Bertz CT molecular complexity index is 207. The third-order valence-corrected chi connectivity index (χ3v) is 1.09. The van der Waals surface area contributed by atoms with Crippen LogP contribution in [-0.4, -0.2) is 41.2 Å². The lowest BCUT2D eigenvalue weighted by atomic mass is 10.3. The van der Waals surface area contributed by atoms with Gasteiger partial charge in [0.2, 0.25) is 5.91 Å². The predicted molar refractivity (Wildman–Crippen MR) is 37.3 cm³/mol. The van der Waals surface area contributed by atoms with Crippen LogP contribution >= 0.6 is 0 Å². The molecule has 0 saturated heterocycles. The first-order chi connectivity index (χ1) is 5.87. The molecule has 0 rings (SSSR count). The number of carbonyl (C=O) groups is 2. The highest BCUT2D eigenvalue weighted by molar-refractivity contribution is 5.93. The highest BCUT2D eigenvalue weighted by Gasteiger charge is 2.28. The third-order valence-electron chi connectivity index (χ3n) is 1.09. The number of alkyl halides is 2. The normalized spacial score (nSPS) is 11.0. The molecule has 0 aliphatic heterocycles. The molecule has 0 fully saturated rings. The van der Waals surface area contributed by atoms with Crippen molar-refractivity contribution in [2.24, 2.45) is 0 Å². The molecule has 3 N–H and O–H groups in total. The van der Waals surface area contributed by atoms with Gasteiger partial charge in [0.25, 0.3) is 5.92 Å². The van der Waals surface area contributed by atoms with Gasteiger partial charge in [-0.25, -0.2) is 8.78 Å². The monoisotopic (exact) mass is 197 g/mol. The summed E-state index contributed by atoms with van der Waals surface area (Å²) in [7, 11) is 0. The Kier molecular flexibility index (Phi) is 4.26. The SMILES string of the molecule is O=C(O)CC(=O)NCC(F)(F)CO. The first kappa shape index (κ1) is 11.8. The average molecular weight is 197 g/mol. The fourth-order valence-corrected chi connectivity index (χ4v) is 0.484. The van der Waals surface area contributed by atoms with Crippen LogP contribution in [0.25, 0.3) is 0 Å². The molecule has 0 heterocycles. The molecule has 0 saturated carbocycles. The average Bonchev–Trinajstić information content (AvgIpc) is 2.00. The smallest absolute Gasteiger partial charge is 0.312 e. The molecular formula is C6H9F2NO4. The van der Waals surface area contributed by atoms with Crippen molar-refractivity contribution in [2.45, 2.75) is 12.3 Å². The van der Waals surface area contributed by atoms with E-state index in [1.165, 1.54) is 0 Å². The quantitative estimate of drug-likeness (QED) is 0.504. The van der Waals surface area contributed by atoms with Gasteiger partial charge < -0.3 is 15.5 Å². The van der Waals surface area contributed by atoms with Crippen molar-refractivity contribution in [1.29, 1.82) is 0 Å². The Morgan fingerprint density at radius 3 is 2.31 bits per heavy atom. The van der Waals surface area contributed by atoms with Crippen LogP contribution in [0.2, 0.25) is 0 Å². The molecule has 0 radical (unpaired) electrons. The van der Waals surface area contributed by atoms with E-state index in [9.17, 15) is 18.4 Å². The van der Waals surface area contributed by atoms with Gasteiger partial charge in [-0.15, -0.1) is 0 Å². The van der Waals surface area contributed by atoms with Gasteiger partial charge >= 0.3 is 5.97 Å².